The number of pyridine rings is 2. The maximum absolute atomic E-state index is 10.5. The topological polar surface area (TPSA) is 121 Å². The predicted octanol–water partition coefficient (Wildman–Crippen LogP) is 2.87. The Morgan fingerprint density at radius 3 is 1.40 bits per heavy atom. The molecule has 0 saturated heterocycles. The van der Waals surface area contributed by atoms with Gasteiger partial charge in [-0.05, 0) is 12.1 Å². The number of aromatic nitrogens is 2. The van der Waals surface area contributed by atoms with E-state index in [9.17, 15) is 26.3 Å². The summed E-state index contributed by atoms with van der Waals surface area (Å²) in [6.45, 7) is 4.64. The van der Waals surface area contributed by atoms with Gasteiger partial charge < -0.3 is 35.2 Å². The van der Waals surface area contributed by atoms with Crippen molar-refractivity contribution in [3.05, 3.63) is 73.1 Å². The zero-order valence-electron chi connectivity index (χ0n) is 24.7. The molecule has 0 radical (unpaired) electrons. The third kappa shape index (κ3) is 11.3. The molecular weight excluding hydrogens is 654 g/mol. The van der Waals surface area contributed by atoms with Crippen LogP contribution in [0.4, 0.5) is 37.7 Å². The highest BCUT2D eigenvalue weighted by atomic mass is 32.1. The van der Waals surface area contributed by atoms with Gasteiger partial charge in [-0.15, -0.1) is 0 Å². The van der Waals surface area contributed by atoms with Gasteiger partial charge in [0.2, 0.25) is 11.0 Å². The summed E-state index contributed by atoms with van der Waals surface area (Å²) in [4.78, 5) is 18.7. The van der Waals surface area contributed by atoms with E-state index in [0.717, 1.165) is 55.3 Å². The van der Waals surface area contributed by atoms with E-state index in [1.807, 2.05) is 0 Å². The summed E-state index contributed by atoms with van der Waals surface area (Å²) < 4.78 is 73.6. The number of carboxylic acid groups (broad SMARTS) is 2. The van der Waals surface area contributed by atoms with Crippen LogP contribution in [-0.4, -0.2) is 55.5 Å². The van der Waals surface area contributed by atoms with Gasteiger partial charge in [-0.1, -0.05) is 36.5 Å². The number of fused-ring (bicyclic) bond motifs is 12. The third-order valence-corrected chi connectivity index (χ3v) is 7.11. The van der Waals surface area contributed by atoms with Crippen LogP contribution in [0.3, 0.4) is 0 Å². The van der Waals surface area contributed by atoms with Gasteiger partial charge in [-0.2, -0.15) is 35.5 Å². The number of carbonyl (C=O) groups is 2. The Morgan fingerprint density at radius 2 is 1.04 bits per heavy atom. The van der Waals surface area contributed by atoms with Crippen molar-refractivity contribution in [2.24, 2.45) is 0 Å². The highest BCUT2D eigenvalue weighted by Crippen LogP contribution is 2.22. The lowest BCUT2D eigenvalue weighted by Gasteiger charge is -2.12. The molecule has 2 aliphatic rings. The number of carbonyl (C=O) groups excluding carboxylic acids is 2. The van der Waals surface area contributed by atoms with Crippen molar-refractivity contribution in [2.75, 3.05) is 36.9 Å². The minimum atomic E-state index is -5.19. The lowest BCUT2D eigenvalue weighted by Crippen LogP contribution is -2.37. The molecule has 0 unspecified atom stereocenters. The molecule has 0 spiro atoms. The largest absolute Gasteiger partial charge is 0.542 e. The summed E-state index contributed by atoms with van der Waals surface area (Å²) in [5.41, 5.74) is 4.73. The number of carboxylic acids is 2. The zero-order valence-corrected chi connectivity index (χ0v) is 25.5. The Hall–Kier alpha value is -4.57. The summed E-state index contributed by atoms with van der Waals surface area (Å²) in [6, 6.07) is 21.4. The van der Waals surface area contributed by atoms with Gasteiger partial charge in [0.15, 0.2) is 25.5 Å². The van der Waals surface area contributed by atoms with Crippen LogP contribution in [0.15, 0.2) is 73.1 Å². The quantitative estimate of drug-likeness (QED) is 0.126. The fourth-order valence-electron chi connectivity index (χ4n) is 4.50. The Morgan fingerprint density at radius 1 is 0.681 bits per heavy atom. The number of alkyl halides is 6. The summed E-state index contributed by atoms with van der Waals surface area (Å²) in [5, 5.41) is 27.1. The fraction of sp³-hybridized carbons (Fsp3) is 0.323. The lowest BCUT2D eigenvalue weighted by atomic mass is 10.1. The van der Waals surface area contributed by atoms with Crippen LogP contribution in [0.5, 0.6) is 0 Å². The Balaban J connectivity index is 0.000000360. The number of aliphatic carboxylic acids is 2. The SMILES string of the molecule is O=C([O-])C(F)(F)F.O=C([O-])C(F)(F)F.S=C1CC[n+]2ccc(c3ccccc32)NCCOCCNc2cc[n+](c3ccccc23)CC1. The first-order chi connectivity index (χ1) is 22.2. The Labute approximate surface area is 270 Å². The molecule has 4 heterocycles. The van der Waals surface area contributed by atoms with Gasteiger partial charge in [0.1, 0.15) is 11.9 Å². The highest BCUT2D eigenvalue weighted by Gasteiger charge is 2.29. The molecule has 252 valence electrons. The van der Waals surface area contributed by atoms with Gasteiger partial charge in [-0.25, -0.2) is 0 Å². The minimum absolute atomic E-state index is 0.661. The summed E-state index contributed by atoms with van der Waals surface area (Å²) in [7, 11) is 0. The zero-order chi connectivity index (χ0) is 34.6. The number of ether oxygens (including phenoxy) is 1. The number of anilines is 2. The normalized spacial score (nSPS) is 14.6. The van der Waals surface area contributed by atoms with E-state index in [2.05, 4.69) is 92.8 Å². The molecule has 0 saturated carbocycles. The van der Waals surface area contributed by atoms with Gasteiger partial charge in [0, 0.05) is 55.1 Å². The van der Waals surface area contributed by atoms with Crippen LogP contribution in [0.25, 0.3) is 21.8 Å². The molecule has 2 aromatic heterocycles. The standard InChI is InChI=1S/C27H28N4OS.2C2HF3O2/c33-21-9-15-30-17-11-24(22-5-1-3-7-26(22)30)28-13-19-32-20-14-29-25-12-18-31(16-10-21)27-8-4-2-6-23(25)27;2*3-2(4,5)1(6)7/h1-8,11-12,17-18H,9-10,13-16,19-20H2;2*(H,6,7). The lowest BCUT2D eigenvalue weighted by molar-refractivity contribution is -0.671. The molecule has 16 heteroatoms. The van der Waals surface area contributed by atoms with Crippen molar-refractivity contribution in [3.63, 3.8) is 0 Å². The molecule has 4 bridgehead atoms. The Kier molecular flexibility index (Phi) is 13.2. The number of hydrogen-bond donors (Lipinski definition) is 2. The van der Waals surface area contributed by atoms with E-state index < -0.39 is 24.3 Å². The van der Waals surface area contributed by atoms with E-state index in [4.69, 9.17) is 36.8 Å². The number of hydrogen-bond acceptors (Lipinski definition) is 8. The summed E-state index contributed by atoms with van der Waals surface area (Å²) in [6.07, 6.45) is -4.28. The number of benzene rings is 2. The van der Waals surface area contributed by atoms with Crippen LogP contribution >= 0.6 is 12.2 Å². The average Bonchev–Trinajstić information content (AvgIpc) is 3.02. The van der Waals surface area contributed by atoms with Crippen LogP contribution in [-0.2, 0) is 27.4 Å². The van der Waals surface area contributed by atoms with Crippen molar-refractivity contribution >= 4 is 62.2 Å². The first-order valence-corrected chi connectivity index (χ1v) is 14.5. The molecule has 4 aromatic rings. The molecule has 0 atom stereocenters. The maximum atomic E-state index is 10.5. The smallest absolute Gasteiger partial charge is 0.430 e. The number of rotatable bonds is 0. The molecule has 47 heavy (non-hydrogen) atoms. The molecule has 2 aliphatic heterocycles. The van der Waals surface area contributed by atoms with E-state index in [-0.39, 0.29) is 0 Å². The maximum Gasteiger partial charge on any atom is 0.430 e. The van der Waals surface area contributed by atoms with Gasteiger partial charge in [-0.3, -0.25) is 0 Å². The summed E-state index contributed by atoms with van der Waals surface area (Å²) >= 11 is 5.79. The first kappa shape index (κ1) is 36.9. The van der Waals surface area contributed by atoms with E-state index in [0.29, 0.717) is 13.2 Å². The van der Waals surface area contributed by atoms with Crippen molar-refractivity contribution < 1.29 is 60.0 Å². The number of nitrogens with one attached hydrogen (secondary N) is 2. The molecule has 2 N–H and O–H groups in total. The molecule has 0 aliphatic carbocycles. The third-order valence-electron chi connectivity index (χ3n) is 6.70. The average molecular weight is 685 g/mol. The number of para-hydroxylation sites is 2. The van der Waals surface area contributed by atoms with Gasteiger partial charge in [0.05, 0.1) is 35.4 Å². The van der Waals surface area contributed by atoms with Crippen LogP contribution in [0.1, 0.15) is 12.8 Å². The molecule has 0 amide bonds. The predicted molar refractivity (Wildman–Crippen MR) is 160 cm³/mol. The van der Waals surface area contributed by atoms with Gasteiger partial charge >= 0.3 is 12.4 Å². The Bertz CT molecular complexity index is 1580. The van der Waals surface area contributed by atoms with E-state index in [1.54, 1.807) is 0 Å². The number of aryl methyl sites for hydroxylation is 2. The fourth-order valence-corrected chi connectivity index (χ4v) is 4.69. The highest BCUT2D eigenvalue weighted by molar-refractivity contribution is 7.80. The molecular formula is C31H30F6N4O5S. The van der Waals surface area contributed by atoms with Crippen LogP contribution in [0.2, 0.25) is 0 Å². The van der Waals surface area contributed by atoms with E-state index >= 15 is 0 Å². The van der Waals surface area contributed by atoms with Crippen molar-refractivity contribution in [2.45, 2.75) is 38.3 Å². The van der Waals surface area contributed by atoms with Crippen molar-refractivity contribution in [3.8, 4) is 0 Å². The number of nitrogens with zero attached hydrogens (tertiary/aromatic N) is 2. The number of halogens is 6. The minimum Gasteiger partial charge on any atom is -0.542 e. The molecule has 0 fully saturated rings. The molecule has 6 rings (SSSR count). The first-order valence-electron chi connectivity index (χ1n) is 14.1. The monoisotopic (exact) mass is 684 g/mol. The second kappa shape index (κ2) is 16.8. The van der Waals surface area contributed by atoms with Gasteiger partial charge in [0.25, 0.3) is 0 Å². The number of thiocarbonyl (C=S) groups is 1. The van der Waals surface area contributed by atoms with E-state index in [1.165, 1.54) is 21.8 Å². The van der Waals surface area contributed by atoms with Crippen molar-refractivity contribution in [1.82, 2.24) is 0 Å². The summed E-state index contributed by atoms with van der Waals surface area (Å²) in [5.74, 6) is -6.01. The second-order valence-corrected chi connectivity index (χ2v) is 10.5. The van der Waals surface area contributed by atoms with Crippen LogP contribution < -0.4 is 30.0 Å². The second-order valence-electron chi connectivity index (χ2n) is 9.95. The van der Waals surface area contributed by atoms with Crippen LogP contribution in [0, 0.1) is 0 Å². The molecule has 9 nitrogen and oxygen atoms in total. The molecule has 2 aromatic carbocycles. The van der Waals surface area contributed by atoms with Crippen molar-refractivity contribution in [1.29, 1.82) is 0 Å².